The highest BCUT2D eigenvalue weighted by Crippen LogP contribution is 2.30. The molecular formula is C21H17N5O3S. The lowest BCUT2D eigenvalue weighted by atomic mass is 10.1. The number of hydrogen-bond donors (Lipinski definition) is 1. The van der Waals surface area contributed by atoms with Crippen LogP contribution in [-0.4, -0.2) is 37.7 Å². The standard InChI is InChI=1S/C21H17N5O3S/c27-18-16(10-11-22-18)30-21-24-23-19(29-21)17-14-8-4-5-9-15(14)20(28)26(25-17)12-13-6-2-1-3-7-13/h1-9,16H,10-12H2,(H,22,27). The van der Waals surface area contributed by atoms with Crippen LogP contribution in [0.3, 0.4) is 0 Å². The second-order valence-electron chi connectivity index (χ2n) is 6.90. The van der Waals surface area contributed by atoms with Crippen molar-refractivity contribution in [3.8, 4) is 11.6 Å². The van der Waals surface area contributed by atoms with Crippen LogP contribution in [0.15, 0.2) is 69.0 Å². The first-order valence-corrected chi connectivity index (χ1v) is 10.4. The molecule has 2 aromatic heterocycles. The fourth-order valence-electron chi connectivity index (χ4n) is 3.42. The molecule has 3 heterocycles. The number of carbonyl (C=O) groups excluding carboxylic acids is 1. The molecular weight excluding hydrogens is 402 g/mol. The lowest BCUT2D eigenvalue weighted by molar-refractivity contribution is -0.118. The summed E-state index contributed by atoms with van der Waals surface area (Å²) in [5.74, 6) is 0.189. The molecule has 1 aliphatic heterocycles. The summed E-state index contributed by atoms with van der Waals surface area (Å²) in [7, 11) is 0. The van der Waals surface area contributed by atoms with Crippen LogP contribution in [0.1, 0.15) is 12.0 Å². The van der Waals surface area contributed by atoms with Gasteiger partial charge in [-0.3, -0.25) is 9.59 Å². The summed E-state index contributed by atoms with van der Waals surface area (Å²) in [6.45, 7) is 0.976. The van der Waals surface area contributed by atoms with Gasteiger partial charge in [0.15, 0.2) is 5.69 Å². The molecule has 0 saturated carbocycles. The highest BCUT2D eigenvalue weighted by molar-refractivity contribution is 8.00. The Kier molecular flexibility index (Phi) is 4.80. The number of thioether (sulfide) groups is 1. The predicted molar refractivity (Wildman–Crippen MR) is 112 cm³/mol. The maximum absolute atomic E-state index is 13.0. The smallest absolute Gasteiger partial charge is 0.277 e. The molecule has 9 heteroatoms. The third kappa shape index (κ3) is 3.48. The molecule has 0 spiro atoms. The van der Waals surface area contributed by atoms with Gasteiger partial charge in [-0.1, -0.05) is 60.3 Å². The monoisotopic (exact) mass is 419 g/mol. The lowest BCUT2D eigenvalue weighted by Gasteiger charge is -2.09. The van der Waals surface area contributed by atoms with Crippen LogP contribution in [-0.2, 0) is 11.3 Å². The van der Waals surface area contributed by atoms with Crippen molar-refractivity contribution in [2.75, 3.05) is 6.54 Å². The molecule has 1 fully saturated rings. The summed E-state index contributed by atoms with van der Waals surface area (Å²) in [6, 6.07) is 16.9. The van der Waals surface area contributed by atoms with Crippen molar-refractivity contribution < 1.29 is 9.21 Å². The zero-order valence-corrected chi connectivity index (χ0v) is 16.6. The summed E-state index contributed by atoms with van der Waals surface area (Å²) in [4.78, 5) is 24.8. The van der Waals surface area contributed by atoms with Gasteiger partial charge in [0.25, 0.3) is 16.7 Å². The number of hydrogen-bond acceptors (Lipinski definition) is 7. The van der Waals surface area contributed by atoms with E-state index in [2.05, 4.69) is 20.6 Å². The Morgan fingerprint density at radius 1 is 1.03 bits per heavy atom. The number of amides is 1. The van der Waals surface area contributed by atoms with Crippen LogP contribution in [0.25, 0.3) is 22.4 Å². The number of nitrogens with one attached hydrogen (secondary N) is 1. The zero-order chi connectivity index (χ0) is 20.5. The molecule has 1 aliphatic rings. The van der Waals surface area contributed by atoms with Crippen LogP contribution >= 0.6 is 11.8 Å². The van der Waals surface area contributed by atoms with Crippen LogP contribution < -0.4 is 10.9 Å². The molecule has 1 unspecified atom stereocenters. The van der Waals surface area contributed by atoms with Crippen molar-refractivity contribution in [2.24, 2.45) is 0 Å². The molecule has 1 N–H and O–H groups in total. The molecule has 0 bridgehead atoms. The van der Waals surface area contributed by atoms with E-state index < -0.39 is 0 Å². The predicted octanol–water partition coefficient (Wildman–Crippen LogP) is 2.48. The number of rotatable bonds is 5. The minimum Gasteiger partial charge on any atom is -0.409 e. The number of aromatic nitrogens is 4. The van der Waals surface area contributed by atoms with Crippen molar-refractivity contribution in [3.63, 3.8) is 0 Å². The van der Waals surface area contributed by atoms with Gasteiger partial charge in [0.05, 0.1) is 17.2 Å². The van der Waals surface area contributed by atoms with Crippen molar-refractivity contribution in [1.29, 1.82) is 0 Å². The largest absolute Gasteiger partial charge is 0.409 e. The molecule has 5 rings (SSSR count). The first-order valence-electron chi connectivity index (χ1n) is 9.51. The van der Waals surface area contributed by atoms with E-state index in [9.17, 15) is 9.59 Å². The third-order valence-corrected chi connectivity index (χ3v) is 5.99. The number of fused-ring (bicyclic) bond motifs is 1. The molecule has 2 aromatic carbocycles. The van der Waals surface area contributed by atoms with Crippen molar-refractivity contribution >= 4 is 28.4 Å². The van der Waals surface area contributed by atoms with E-state index in [-0.39, 0.29) is 22.6 Å². The van der Waals surface area contributed by atoms with Crippen molar-refractivity contribution in [3.05, 3.63) is 70.5 Å². The average Bonchev–Trinajstić information content (AvgIpc) is 3.40. The van der Waals surface area contributed by atoms with Gasteiger partial charge in [0, 0.05) is 11.9 Å². The zero-order valence-electron chi connectivity index (χ0n) is 15.8. The van der Waals surface area contributed by atoms with Gasteiger partial charge in [0.2, 0.25) is 5.91 Å². The van der Waals surface area contributed by atoms with Crippen molar-refractivity contribution in [1.82, 2.24) is 25.3 Å². The van der Waals surface area contributed by atoms with Gasteiger partial charge in [0.1, 0.15) is 0 Å². The van der Waals surface area contributed by atoms with E-state index in [0.717, 1.165) is 5.56 Å². The van der Waals surface area contributed by atoms with Gasteiger partial charge >= 0.3 is 0 Å². The van der Waals surface area contributed by atoms with E-state index in [1.807, 2.05) is 48.5 Å². The molecule has 1 saturated heterocycles. The minimum absolute atomic E-state index is 0.0280. The van der Waals surface area contributed by atoms with E-state index in [4.69, 9.17) is 4.42 Å². The molecule has 8 nitrogen and oxygen atoms in total. The average molecular weight is 419 g/mol. The maximum Gasteiger partial charge on any atom is 0.277 e. The molecule has 4 aromatic rings. The Hall–Kier alpha value is -3.46. The second-order valence-corrected chi connectivity index (χ2v) is 8.06. The van der Waals surface area contributed by atoms with Gasteiger partial charge in [-0.05, 0) is 18.1 Å². The van der Waals surface area contributed by atoms with Gasteiger partial charge in [-0.2, -0.15) is 5.10 Å². The van der Waals surface area contributed by atoms with Gasteiger partial charge in [-0.25, -0.2) is 4.68 Å². The van der Waals surface area contributed by atoms with E-state index >= 15 is 0 Å². The maximum atomic E-state index is 13.0. The summed E-state index contributed by atoms with van der Waals surface area (Å²) < 4.78 is 7.23. The number of benzene rings is 2. The fraction of sp³-hybridized carbons (Fsp3) is 0.190. The Morgan fingerprint density at radius 3 is 2.57 bits per heavy atom. The lowest BCUT2D eigenvalue weighted by Crippen LogP contribution is -2.24. The van der Waals surface area contributed by atoms with Gasteiger partial charge in [-0.15, -0.1) is 10.2 Å². The first kappa shape index (κ1) is 18.6. The molecule has 30 heavy (non-hydrogen) atoms. The summed E-state index contributed by atoms with van der Waals surface area (Å²) in [6.07, 6.45) is 0.713. The fourth-order valence-corrected chi connectivity index (χ4v) is 4.30. The van der Waals surface area contributed by atoms with E-state index in [1.165, 1.54) is 16.4 Å². The molecule has 0 radical (unpaired) electrons. The van der Waals surface area contributed by atoms with Crippen LogP contribution in [0.5, 0.6) is 0 Å². The van der Waals surface area contributed by atoms with Gasteiger partial charge < -0.3 is 9.73 Å². The molecule has 1 atom stereocenters. The van der Waals surface area contributed by atoms with E-state index in [0.29, 0.717) is 41.2 Å². The number of nitrogens with zero attached hydrogens (tertiary/aromatic N) is 4. The first-order chi connectivity index (χ1) is 14.7. The summed E-state index contributed by atoms with van der Waals surface area (Å²) in [5.41, 5.74) is 1.22. The summed E-state index contributed by atoms with van der Waals surface area (Å²) in [5, 5.41) is 16.8. The van der Waals surface area contributed by atoms with Crippen LogP contribution in [0, 0.1) is 0 Å². The topological polar surface area (TPSA) is 103 Å². The third-order valence-electron chi connectivity index (χ3n) is 4.89. The Bertz CT molecular complexity index is 1280. The van der Waals surface area contributed by atoms with Crippen molar-refractivity contribution in [2.45, 2.75) is 23.4 Å². The normalized spacial score (nSPS) is 16.1. The van der Waals surface area contributed by atoms with Crippen LogP contribution in [0.2, 0.25) is 0 Å². The minimum atomic E-state index is -0.241. The molecule has 1 amide bonds. The Labute approximate surface area is 175 Å². The summed E-state index contributed by atoms with van der Waals surface area (Å²) >= 11 is 1.24. The highest BCUT2D eigenvalue weighted by Gasteiger charge is 2.28. The second kappa shape index (κ2) is 7.75. The quantitative estimate of drug-likeness (QED) is 0.530. The number of carbonyl (C=O) groups is 1. The Morgan fingerprint density at radius 2 is 1.80 bits per heavy atom. The SMILES string of the molecule is O=C1NCCC1Sc1nnc(-c2nn(Cc3ccccc3)c(=O)c3ccccc23)o1. The highest BCUT2D eigenvalue weighted by atomic mass is 32.2. The molecule has 150 valence electrons. The van der Waals surface area contributed by atoms with E-state index in [1.54, 1.807) is 6.07 Å². The van der Waals surface area contributed by atoms with Crippen LogP contribution in [0.4, 0.5) is 0 Å². The molecule has 0 aliphatic carbocycles. The Balaban J connectivity index is 1.56.